The Morgan fingerprint density at radius 3 is 3.12 bits per heavy atom. The van der Waals surface area contributed by atoms with Gasteiger partial charge in [-0.25, -0.2) is 15.0 Å². The highest BCUT2D eigenvalue weighted by atomic mass is 16.3. The maximum absolute atomic E-state index is 8.83. The number of allylic oxidation sites excluding steroid dienone is 2. The van der Waals surface area contributed by atoms with Crippen LogP contribution in [0.25, 0.3) is 17.2 Å². The predicted octanol–water partition coefficient (Wildman–Crippen LogP) is 1.30. The fourth-order valence-corrected chi connectivity index (χ4v) is 1.27. The smallest absolute Gasteiger partial charge is 0.181 e. The molecule has 0 bridgehead atoms. The maximum Gasteiger partial charge on any atom is 0.181 e. The van der Waals surface area contributed by atoms with E-state index < -0.39 is 0 Å². The zero-order chi connectivity index (χ0) is 11.4. The average Bonchev–Trinajstić information content (AvgIpc) is 2.77. The van der Waals surface area contributed by atoms with Crippen molar-refractivity contribution in [2.45, 2.75) is 6.92 Å². The summed E-state index contributed by atoms with van der Waals surface area (Å²) in [7, 11) is 0. The molecule has 82 valence electrons. The number of nitrogens with one attached hydrogen (secondary N) is 1. The summed E-state index contributed by atoms with van der Waals surface area (Å²) in [6.07, 6.45) is 8.59. The van der Waals surface area contributed by atoms with Gasteiger partial charge in [-0.05, 0) is 18.6 Å². The molecule has 5 heteroatoms. The molecule has 0 amide bonds. The molecule has 0 saturated heterocycles. The fraction of sp³-hybridized carbons (Fsp3) is 0.182. The first-order valence-corrected chi connectivity index (χ1v) is 4.90. The Morgan fingerprint density at radius 1 is 1.44 bits per heavy atom. The van der Waals surface area contributed by atoms with E-state index in [1.165, 1.54) is 6.33 Å². The number of nitrogens with zero attached hydrogens (tertiary/aromatic N) is 3. The maximum atomic E-state index is 8.83. The van der Waals surface area contributed by atoms with E-state index in [-0.39, 0.29) is 6.61 Å². The van der Waals surface area contributed by atoms with Crippen LogP contribution < -0.4 is 0 Å². The van der Waals surface area contributed by atoms with E-state index in [1.807, 2.05) is 25.2 Å². The third-order valence-corrected chi connectivity index (χ3v) is 2.14. The molecule has 0 unspecified atom stereocenters. The Bertz CT molecular complexity index is 542. The molecule has 2 N–H and O–H groups in total. The Hall–Kier alpha value is -2.01. The number of H-pyrrole nitrogens is 1. The average molecular weight is 216 g/mol. The van der Waals surface area contributed by atoms with Crippen molar-refractivity contribution in [1.29, 1.82) is 0 Å². The number of imidazole rings is 1. The van der Waals surface area contributed by atoms with Gasteiger partial charge in [-0.2, -0.15) is 0 Å². The van der Waals surface area contributed by atoms with Crippen molar-refractivity contribution in [2.24, 2.45) is 0 Å². The molecule has 0 aliphatic heterocycles. The lowest BCUT2D eigenvalue weighted by atomic mass is 10.2. The van der Waals surface area contributed by atoms with Gasteiger partial charge in [0.15, 0.2) is 5.65 Å². The van der Waals surface area contributed by atoms with Gasteiger partial charge in [0.1, 0.15) is 11.8 Å². The third kappa shape index (κ3) is 2.14. The summed E-state index contributed by atoms with van der Waals surface area (Å²) in [6.45, 7) is 1.92. The Balaban J connectivity index is 2.30. The van der Waals surface area contributed by atoms with Gasteiger partial charge in [0.2, 0.25) is 0 Å². The molecule has 2 heterocycles. The van der Waals surface area contributed by atoms with Crippen molar-refractivity contribution >= 4 is 17.2 Å². The zero-order valence-corrected chi connectivity index (χ0v) is 8.88. The summed E-state index contributed by atoms with van der Waals surface area (Å²) in [5.74, 6) is 0. The van der Waals surface area contributed by atoms with Crippen molar-refractivity contribution in [3.8, 4) is 0 Å². The quantitative estimate of drug-likeness (QED) is 0.758. The topological polar surface area (TPSA) is 74.7 Å². The Kier molecular flexibility index (Phi) is 3.07. The van der Waals surface area contributed by atoms with Crippen molar-refractivity contribution in [1.82, 2.24) is 19.9 Å². The molecule has 2 aromatic rings. The third-order valence-electron chi connectivity index (χ3n) is 2.14. The summed E-state index contributed by atoms with van der Waals surface area (Å²) in [4.78, 5) is 15.2. The minimum atomic E-state index is 0.0631. The molecule has 0 aromatic carbocycles. The van der Waals surface area contributed by atoms with Crippen LogP contribution in [0.5, 0.6) is 0 Å². The highest BCUT2D eigenvalue weighted by molar-refractivity contribution is 5.79. The SMILES string of the molecule is C/C(=C\C=C\c1ncnc2nc[nH]c12)CO. The number of aliphatic hydroxyl groups is 1. The van der Waals surface area contributed by atoms with Gasteiger partial charge in [0.05, 0.1) is 18.6 Å². The second-order valence-corrected chi connectivity index (χ2v) is 3.39. The van der Waals surface area contributed by atoms with Crippen LogP contribution in [0, 0.1) is 0 Å². The first-order valence-electron chi connectivity index (χ1n) is 4.90. The fourth-order valence-electron chi connectivity index (χ4n) is 1.27. The molecule has 0 aliphatic carbocycles. The number of hydrogen-bond donors (Lipinski definition) is 2. The molecule has 16 heavy (non-hydrogen) atoms. The largest absolute Gasteiger partial charge is 0.392 e. The zero-order valence-electron chi connectivity index (χ0n) is 8.88. The molecule has 2 rings (SSSR count). The van der Waals surface area contributed by atoms with Crippen molar-refractivity contribution < 1.29 is 5.11 Å². The molecule has 0 spiro atoms. The van der Waals surface area contributed by atoms with Crippen LogP contribution in [0.3, 0.4) is 0 Å². The molecule has 0 aliphatic rings. The summed E-state index contributed by atoms with van der Waals surface area (Å²) in [6, 6.07) is 0. The summed E-state index contributed by atoms with van der Waals surface area (Å²) in [5, 5.41) is 8.83. The number of hydrogen-bond acceptors (Lipinski definition) is 4. The molecule has 0 radical (unpaired) electrons. The molecule has 5 nitrogen and oxygen atoms in total. The van der Waals surface area contributed by atoms with Crippen LogP contribution in [0.2, 0.25) is 0 Å². The van der Waals surface area contributed by atoms with Gasteiger partial charge in [0.25, 0.3) is 0 Å². The van der Waals surface area contributed by atoms with E-state index >= 15 is 0 Å². The van der Waals surface area contributed by atoms with Crippen molar-refractivity contribution in [2.75, 3.05) is 6.61 Å². The normalized spacial score (nSPS) is 12.8. The highest BCUT2D eigenvalue weighted by Gasteiger charge is 2.01. The molecule has 0 atom stereocenters. The Morgan fingerprint density at radius 2 is 2.31 bits per heavy atom. The number of rotatable bonds is 3. The number of aromatic amines is 1. The van der Waals surface area contributed by atoms with Gasteiger partial charge in [0, 0.05) is 0 Å². The van der Waals surface area contributed by atoms with E-state index in [0.29, 0.717) is 5.65 Å². The van der Waals surface area contributed by atoms with E-state index in [4.69, 9.17) is 5.11 Å². The second-order valence-electron chi connectivity index (χ2n) is 3.39. The van der Waals surface area contributed by atoms with Gasteiger partial charge >= 0.3 is 0 Å². The molecular formula is C11H12N4O. The molecule has 0 saturated carbocycles. The number of aromatic nitrogens is 4. The van der Waals surface area contributed by atoms with E-state index in [2.05, 4.69) is 19.9 Å². The molecule has 2 aromatic heterocycles. The van der Waals surface area contributed by atoms with Crippen LogP contribution in [-0.2, 0) is 0 Å². The number of aliphatic hydroxyl groups excluding tert-OH is 1. The van der Waals surface area contributed by atoms with Crippen molar-refractivity contribution in [3.63, 3.8) is 0 Å². The van der Waals surface area contributed by atoms with Gasteiger partial charge in [-0.3, -0.25) is 0 Å². The van der Waals surface area contributed by atoms with E-state index in [1.54, 1.807) is 6.33 Å². The first-order chi connectivity index (χ1) is 7.81. The molecular weight excluding hydrogens is 204 g/mol. The standard InChI is InChI=1S/C11H12N4O/c1-8(5-16)3-2-4-9-10-11(14-6-12-9)15-7-13-10/h2-4,6-7,16H,5H2,1H3,(H,12,13,14,15)/b4-2+,8-3+. The lowest BCUT2D eigenvalue weighted by Gasteiger charge is -1.93. The predicted molar refractivity (Wildman–Crippen MR) is 61.6 cm³/mol. The lowest BCUT2D eigenvalue weighted by Crippen LogP contribution is -1.86. The van der Waals surface area contributed by atoms with Gasteiger partial charge in [-0.1, -0.05) is 12.2 Å². The Labute approximate surface area is 92.6 Å². The van der Waals surface area contributed by atoms with Crippen LogP contribution in [-0.4, -0.2) is 31.6 Å². The lowest BCUT2D eigenvalue weighted by molar-refractivity contribution is 0.331. The monoisotopic (exact) mass is 216 g/mol. The van der Waals surface area contributed by atoms with E-state index in [9.17, 15) is 0 Å². The minimum absolute atomic E-state index is 0.0631. The van der Waals surface area contributed by atoms with Crippen LogP contribution in [0.4, 0.5) is 0 Å². The summed E-state index contributed by atoms with van der Waals surface area (Å²) in [5.41, 5.74) is 3.14. The van der Waals surface area contributed by atoms with E-state index in [0.717, 1.165) is 16.8 Å². The molecule has 0 fully saturated rings. The number of fused-ring (bicyclic) bond motifs is 1. The summed E-state index contributed by atoms with van der Waals surface area (Å²) < 4.78 is 0. The summed E-state index contributed by atoms with van der Waals surface area (Å²) >= 11 is 0. The van der Waals surface area contributed by atoms with Crippen LogP contribution >= 0.6 is 0 Å². The highest BCUT2D eigenvalue weighted by Crippen LogP contribution is 2.10. The van der Waals surface area contributed by atoms with Crippen molar-refractivity contribution in [3.05, 3.63) is 36.1 Å². The van der Waals surface area contributed by atoms with Crippen LogP contribution in [0.15, 0.2) is 30.4 Å². The first kappa shape index (κ1) is 10.5. The van der Waals surface area contributed by atoms with Gasteiger partial charge < -0.3 is 10.1 Å². The second kappa shape index (κ2) is 4.67. The van der Waals surface area contributed by atoms with Gasteiger partial charge in [-0.15, -0.1) is 0 Å². The minimum Gasteiger partial charge on any atom is -0.392 e. The van der Waals surface area contributed by atoms with Crippen LogP contribution in [0.1, 0.15) is 12.6 Å².